The Morgan fingerprint density at radius 1 is 0.793 bits per heavy atom. The molecular formula is C26H31BrN2. The van der Waals surface area contributed by atoms with Crippen LogP contribution in [0.5, 0.6) is 0 Å². The first-order valence-corrected chi connectivity index (χ1v) is 10.1. The SMILES string of the molecule is CC1=CCN(Cc2ccccc2)CC1.Cc1cc[n+](Cc2ccccc2)cc1.[Br-]. The molecule has 2 nitrogen and oxygen atoms in total. The van der Waals surface area contributed by atoms with Crippen molar-refractivity contribution >= 4 is 0 Å². The molecule has 0 unspecified atom stereocenters. The van der Waals surface area contributed by atoms with Crippen molar-refractivity contribution in [3.63, 3.8) is 0 Å². The zero-order valence-electron chi connectivity index (χ0n) is 17.5. The van der Waals surface area contributed by atoms with E-state index in [2.05, 4.69) is 109 Å². The molecule has 3 aromatic rings. The predicted octanol–water partition coefficient (Wildman–Crippen LogP) is 2.17. The number of hydrogen-bond acceptors (Lipinski definition) is 1. The second-order valence-corrected chi connectivity index (χ2v) is 7.55. The Labute approximate surface area is 186 Å². The van der Waals surface area contributed by atoms with E-state index in [0.717, 1.165) is 19.6 Å². The van der Waals surface area contributed by atoms with Crippen LogP contribution in [-0.2, 0) is 13.1 Å². The van der Waals surface area contributed by atoms with Crippen LogP contribution in [0, 0.1) is 6.92 Å². The number of hydrogen-bond donors (Lipinski definition) is 0. The lowest BCUT2D eigenvalue weighted by Crippen LogP contribution is -3.00. The van der Waals surface area contributed by atoms with Crippen LogP contribution in [0.15, 0.2) is 96.8 Å². The molecule has 2 aromatic carbocycles. The van der Waals surface area contributed by atoms with Crippen molar-refractivity contribution in [1.82, 2.24) is 4.90 Å². The summed E-state index contributed by atoms with van der Waals surface area (Å²) in [6.07, 6.45) is 7.80. The van der Waals surface area contributed by atoms with Crippen molar-refractivity contribution in [2.24, 2.45) is 0 Å². The van der Waals surface area contributed by atoms with Gasteiger partial charge in [-0.1, -0.05) is 72.3 Å². The number of aryl methyl sites for hydroxylation is 1. The predicted molar refractivity (Wildman–Crippen MR) is 117 cm³/mol. The van der Waals surface area contributed by atoms with Crippen molar-refractivity contribution in [3.05, 3.63) is 114 Å². The zero-order chi connectivity index (χ0) is 19.6. The lowest BCUT2D eigenvalue weighted by molar-refractivity contribution is -0.688. The lowest BCUT2D eigenvalue weighted by Gasteiger charge is -2.25. The maximum atomic E-state index is 2.49. The van der Waals surface area contributed by atoms with Gasteiger partial charge in [-0.3, -0.25) is 4.90 Å². The fourth-order valence-electron chi connectivity index (χ4n) is 3.23. The highest BCUT2D eigenvalue weighted by Crippen LogP contribution is 2.12. The Morgan fingerprint density at radius 2 is 1.38 bits per heavy atom. The number of rotatable bonds is 4. The third-order valence-corrected chi connectivity index (χ3v) is 5.04. The Hall–Kier alpha value is -2.23. The molecule has 0 saturated carbocycles. The highest BCUT2D eigenvalue weighted by Gasteiger charge is 2.08. The Kier molecular flexibility index (Phi) is 9.82. The quantitative estimate of drug-likeness (QED) is 0.436. The summed E-state index contributed by atoms with van der Waals surface area (Å²) in [4.78, 5) is 2.49. The van der Waals surface area contributed by atoms with Gasteiger partial charge in [0, 0.05) is 37.3 Å². The summed E-state index contributed by atoms with van der Waals surface area (Å²) < 4.78 is 2.18. The summed E-state index contributed by atoms with van der Waals surface area (Å²) in [5, 5.41) is 0. The molecule has 4 rings (SSSR count). The maximum absolute atomic E-state index is 2.49. The molecule has 2 heterocycles. The minimum absolute atomic E-state index is 0. The van der Waals surface area contributed by atoms with Crippen molar-refractivity contribution in [2.75, 3.05) is 13.1 Å². The highest BCUT2D eigenvalue weighted by molar-refractivity contribution is 5.15. The van der Waals surface area contributed by atoms with Crippen LogP contribution in [0.3, 0.4) is 0 Å². The number of aromatic nitrogens is 1. The Morgan fingerprint density at radius 3 is 1.93 bits per heavy atom. The van der Waals surface area contributed by atoms with E-state index in [1.165, 1.54) is 35.2 Å². The smallest absolute Gasteiger partial charge is 0.173 e. The summed E-state index contributed by atoms with van der Waals surface area (Å²) in [7, 11) is 0. The molecular weight excluding hydrogens is 420 g/mol. The molecule has 0 amide bonds. The molecule has 0 saturated heterocycles. The van der Waals surface area contributed by atoms with Gasteiger partial charge < -0.3 is 17.0 Å². The average Bonchev–Trinajstić information content (AvgIpc) is 2.74. The first-order chi connectivity index (χ1) is 13.7. The average molecular weight is 451 g/mol. The summed E-state index contributed by atoms with van der Waals surface area (Å²) in [5.41, 5.74) is 5.59. The molecule has 0 radical (unpaired) electrons. The Balaban J connectivity index is 0.000000200. The minimum atomic E-state index is 0. The van der Waals surface area contributed by atoms with Gasteiger partial charge in [-0.15, -0.1) is 0 Å². The van der Waals surface area contributed by atoms with E-state index in [9.17, 15) is 0 Å². The first-order valence-electron chi connectivity index (χ1n) is 10.1. The molecule has 0 aliphatic carbocycles. The number of halogens is 1. The maximum Gasteiger partial charge on any atom is 0.173 e. The third-order valence-electron chi connectivity index (χ3n) is 5.04. The van der Waals surface area contributed by atoms with Gasteiger partial charge in [0.25, 0.3) is 0 Å². The first kappa shape index (κ1) is 23.1. The Bertz CT molecular complexity index is 858. The summed E-state index contributed by atoms with van der Waals surface area (Å²) in [6.45, 7) is 8.68. The minimum Gasteiger partial charge on any atom is -1.00 e. The normalized spacial score (nSPS) is 13.5. The largest absolute Gasteiger partial charge is 1.00 e. The van der Waals surface area contributed by atoms with Gasteiger partial charge in [-0.05, 0) is 31.4 Å². The van der Waals surface area contributed by atoms with Gasteiger partial charge in [0.2, 0.25) is 0 Å². The fourth-order valence-corrected chi connectivity index (χ4v) is 3.23. The molecule has 0 spiro atoms. The van der Waals surface area contributed by atoms with Gasteiger partial charge in [0.15, 0.2) is 18.9 Å². The second kappa shape index (κ2) is 12.4. The van der Waals surface area contributed by atoms with Crippen LogP contribution in [0.4, 0.5) is 0 Å². The molecule has 3 heteroatoms. The summed E-state index contributed by atoms with van der Waals surface area (Å²) in [5.74, 6) is 0. The molecule has 0 bridgehead atoms. The van der Waals surface area contributed by atoms with Crippen molar-refractivity contribution < 1.29 is 21.5 Å². The molecule has 1 aromatic heterocycles. The van der Waals surface area contributed by atoms with E-state index in [4.69, 9.17) is 0 Å². The molecule has 0 atom stereocenters. The number of benzene rings is 2. The van der Waals surface area contributed by atoms with Gasteiger partial charge >= 0.3 is 0 Å². The van der Waals surface area contributed by atoms with E-state index < -0.39 is 0 Å². The van der Waals surface area contributed by atoms with E-state index in [1.807, 2.05) is 6.07 Å². The second-order valence-electron chi connectivity index (χ2n) is 7.55. The van der Waals surface area contributed by atoms with Crippen LogP contribution in [0.1, 0.15) is 30.0 Å². The van der Waals surface area contributed by atoms with Crippen LogP contribution >= 0.6 is 0 Å². The van der Waals surface area contributed by atoms with E-state index in [0.29, 0.717) is 0 Å². The van der Waals surface area contributed by atoms with Crippen LogP contribution in [-0.4, -0.2) is 18.0 Å². The highest BCUT2D eigenvalue weighted by atomic mass is 79.9. The van der Waals surface area contributed by atoms with E-state index >= 15 is 0 Å². The van der Waals surface area contributed by atoms with Crippen LogP contribution < -0.4 is 21.5 Å². The molecule has 1 aliphatic heterocycles. The molecule has 0 fully saturated rings. The van der Waals surface area contributed by atoms with Gasteiger partial charge in [-0.2, -0.15) is 0 Å². The van der Waals surface area contributed by atoms with Gasteiger partial charge in [0.1, 0.15) is 0 Å². The number of pyridine rings is 1. The molecule has 29 heavy (non-hydrogen) atoms. The topological polar surface area (TPSA) is 7.12 Å². The van der Waals surface area contributed by atoms with Crippen molar-refractivity contribution in [2.45, 2.75) is 33.4 Å². The van der Waals surface area contributed by atoms with Crippen LogP contribution in [0.25, 0.3) is 0 Å². The van der Waals surface area contributed by atoms with Crippen molar-refractivity contribution in [1.29, 1.82) is 0 Å². The molecule has 0 N–H and O–H groups in total. The van der Waals surface area contributed by atoms with E-state index in [-0.39, 0.29) is 17.0 Å². The lowest BCUT2D eigenvalue weighted by atomic mass is 10.1. The third kappa shape index (κ3) is 8.35. The molecule has 152 valence electrons. The van der Waals surface area contributed by atoms with Crippen molar-refractivity contribution in [3.8, 4) is 0 Å². The molecule has 1 aliphatic rings. The fraction of sp³-hybridized carbons (Fsp3) is 0.269. The standard InChI is InChI=1S/C13H17N.C13H14N.BrH/c2*1-12-7-9-14(10-8-12)11-13-5-3-2-4-6-13;/h2-7H,8-11H2,1H3;2-10H,11H2,1H3;1H/q;+1;/p-1. The van der Waals surface area contributed by atoms with Crippen LogP contribution in [0.2, 0.25) is 0 Å². The zero-order valence-corrected chi connectivity index (χ0v) is 19.1. The number of nitrogens with zero attached hydrogens (tertiary/aromatic N) is 2. The van der Waals surface area contributed by atoms with Gasteiger partial charge in [-0.25, -0.2) is 4.57 Å². The summed E-state index contributed by atoms with van der Waals surface area (Å²) in [6, 6.07) is 25.4. The summed E-state index contributed by atoms with van der Waals surface area (Å²) >= 11 is 0. The van der Waals surface area contributed by atoms with Gasteiger partial charge in [0.05, 0.1) is 0 Å². The monoisotopic (exact) mass is 450 g/mol. The van der Waals surface area contributed by atoms with E-state index in [1.54, 1.807) is 0 Å².